The van der Waals surface area contributed by atoms with Gasteiger partial charge in [-0.3, -0.25) is 9.08 Å². The van der Waals surface area contributed by atoms with Crippen LogP contribution in [0, 0.1) is 18.3 Å². The Morgan fingerprint density at radius 1 is 1.36 bits per heavy atom. The van der Waals surface area contributed by atoms with Gasteiger partial charge in [0.15, 0.2) is 5.65 Å². The van der Waals surface area contributed by atoms with Crippen LogP contribution in [0.25, 0.3) is 16.7 Å². The van der Waals surface area contributed by atoms with Gasteiger partial charge in [-0.1, -0.05) is 12.1 Å². The molecule has 0 bridgehead atoms. The molecule has 0 radical (unpaired) electrons. The zero-order chi connectivity index (χ0) is 19.1. The van der Waals surface area contributed by atoms with E-state index >= 15 is 0 Å². The highest BCUT2D eigenvalue weighted by Crippen LogP contribution is 2.28. The quantitative estimate of drug-likeness (QED) is 0.590. The van der Waals surface area contributed by atoms with Crippen LogP contribution >= 0.6 is 0 Å². The van der Waals surface area contributed by atoms with E-state index in [-0.39, 0.29) is 6.10 Å². The van der Waals surface area contributed by atoms with Crippen LogP contribution in [0.2, 0.25) is 0 Å². The average molecular weight is 372 g/mol. The SMILES string of the molecule is Cc1cc(Nc2cnn(CC3CCCO3)c2)n2c(nc3ccccc32)c1C#N. The number of fused-ring (bicyclic) bond motifs is 3. The average Bonchev–Trinajstić information content (AvgIpc) is 3.42. The number of hydrogen-bond donors (Lipinski definition) is 1. The molecular formula is C21H20N6O. The minimum atomic E-state index is 0.245. The largest absolute Gasteiger partial charge is 0.376 e. The van der Waals surface area contributed by atoms with Gasteiger partial charge in [-0.15, -0.1) is 0 Å². The summed E-state index contributed by atoms with van der Waals surface area (Å²) in [7, 11) is 0. The van der Waals surface area contributed by atoms with E-state index in [9.17, 15) is 5.26 Å². The van der Waals surface area contributed by atoms with Crippen molar-refractivity contribution in [2.24, 2.45) is 0 Å². The maximum absolute atomic E-state index is 9.61. The molecule has 7 nitrogen and oxygen atoms in total. The van der Waals surface area contributed by atoms with E-state index in [1.54, 1.807) is 0 Å². The van der Waals surface area contributed by atoms with Gasteiger partial charge in [0.05, 0.1) is 41.1 Å². The number of anilines is 2. The third-order valence-electron chi connectivity index (χ3n) is 5.21. The van der Waals surface area contributed by atoms with E-state index in [4.69, 9.17) is 4.74 Å². The number of imidazole rings is 1. The lowest BCUT2D eigenvalue weighted by molar-refractivity contribution is 0.0940. The molecule has 1 N–H and O–H groups in total. The number of nitrogens with zero attached hydrogens (tertiary/aromatic N) is 5. The highest BCUT2D eigenvalue weighted by Gasteiger charge is 2.18. The molecule has 1 aliphatic rings. The van der Waals surface area contributed by atoms with Crippen LogP contribution in [0.1, 0.15) is 24.0 Å². The van der Waals surface area contributed by atoms with Crippen LogP contribution in [0.4, 0.5) is 11.5 Å². The van der Waals surface area contributed by atoms with Crippen LogP contribution in [0.3, 0.4) is 0 Å². The van der Waals surface area contributed by atoms with Crippen molar-refractivity contribution < 1.29 is 4.74 Å². The normalized spacial score (nSPS) is 16.6. The first-order valence-electron chi connectivity index (χ1n) is 9.45. The summed E-state index contributed by atoms with van der Waals surface area (Å²) >= 11 is 0. The summed E-state index contributed by atoms with van der Waals surface area (Å²) in [5.74, 6) is 0.858. The predicted octanol–water partition coefficient (Wildman–Crippen LogP) is 3.79. The lowest BCUT2D eigenvalue weighted by atomic mass is 10.1. The molecule has 1 saturated heterocycles. The summed E-state index contributed by atoms with van der Waals surface area (Å²) in [6.45, 7) is 3.54. The number of aromatic nitrogens is 4. The zero-order valence-electron chi connectivity index (χ0n) is 15.6. The molecule has 0 spiro atoms. The highest BCUT2D eigenvalue weighted by molar-refractivity contribution is 5.85. The van der Waals surface area contributed by atoms with Gasteiger partial charge in [0, 0.05) is 12.8 Å². The second kappa shape index (κ2) is 6.66. The second-order valence-corrected chi connectivity index (χ2v) is 7.17. The smallest absolute Gasteiger partial charge is 0.157 e. The molecule has 140 valence electrons. The Balaban J connectivity index is 1.56. The van der Waals surface area contributed by atoms with Gasteiger partial charge < -0.3 is 10.1 Å². The van der Waals surface area contributed by atoms with E-state index in [1.807, 2.05) is 58.7 Å². The molecule has 1 fully saturated rings. The van der Waals surface area contributed by atoms with E-state index < -0.39 is 0 Å². The number of nitriles is 1. The Labute approximate surface area is 162 Å². The van der Waals surface area contributed by atoms with Crippen molar-refractivity contribution >= 4 is 28.2 Å². The lowest BCUT2D eigenvalue weighted by Crippen LogP contribution is -2.15. The molecule has 28 heavy (non-hydrogen) atoms. The molecule has 0 saturated carbocycles. The standard InChI is InChI=1S/C21H20N6O/c1-14-9-20(24-15-11-23-26(12-15)13-16-5-4-8-28-16)27-19-7-3-2-6-18(19)25-21(27)17(14)10-22/h2-3,6-7,9,11-12,16,24H,4-5,8,13H2,1H3. The topological polar surface area (TPSA) is 80.2 Å². The number of benzene rings is 1. The Bertz CT molecular complexity index is 1210. The lowest BCUT2D eigenvalue weighted by Gasteiger charge is -2.11. The zero-order valence-corrected chi connectivity index (χ0v) is 15.6. The van der Waals surface area contributed by atoms with Crippen molar-refractivity contribution in [3.63, 3.8) is 0 Å². The molecule has 1 unspecified atom stereocenters. The Morgan fingerprint density at radius 2 is 2.25 bits per heavy atom. The van der Waals surface area contributed by atoms with E-state index in [0.717, 1.165) is 54.1 Å². The van der Waals surface area contributed by atoms with E-state index in [1.165, 1.54) is 0 Å². The van der Waals surface area contributed by atoms with Crippen LogP contribution in [-0.2, 0) is 11.3 Å². The van der Waals surface area contributed by atoms with Crippen molar-refractivity contribution in [1.82, 2.24) is 19.2 Å². The minimum absolute atomic E-state index is 0.245. The molecule has 4 aromatic rings. The monoisotopic (exact) mass is 372 g/mol. The minimum Gasteiger partial charge on any atom is -0.376 e. The highest BCUT2D eigenvalue weighted by atomic mass is 16.5. The first-order chi connectivity index (χ1) is 13.7. The van der Waals surface area contributed by atoms with Gasteiger partial charge in [-0.05, 0) is 43.5 Å². The molecule has 0 amide bonds. The Hall–Kier alpha value is -3.37. The fourth-order valence-electron chi connectivity index (χ4n) is 3.86. The summed E-state index contributed by atoms with van der Waals surface area (Å²) < 4.78 is 9.61. The summed E-state index contributed by atoms with van der Waals surface area (Å²) in [6, 6.07) is 12.2. The number of aryl methyl sites for hydroxylation is 1. The number of ether oxygens (including phenoxy) is 1. The van der Waals surface area contributed by atoms with Crippen molar-refractivity contribution in [1.29, 1.82) is 5.26 Å². The number of hydrogen-bond acceptors (Lipinski definition) is 5. The molecule has 1 atom stereocenters. The van der Waals surface area contributed by atoms with Crippen molar-refractivity contribution in [2.75, 3.05) is 11.9 Å². The molecule has 3 aromatic heterocycles. The van der Waals surface area contributed by atoms with E-state index in [2.05, 4.69) is 21.5 Å². The van der Waals surface area contributed by atoms with Gasteiger partial charge in [0.25, 0.3) is 0 Å². The first kappa shape index (κ1) is 16.8. The van der Waals surface area contributed by atoms with Crippen LogP contribution in [0.5, 0.6) is 0 Å². The molecular weight excluding hydrogens is 352 g/mol. The Morgan fingerprint density at radius 3 is 3.07 bits per heavy atom. The number of pyridine rings is 1. The Kier molecular flexibility index (Phi) is 3.99. The fourth-order valence-corrected chi connectivity index (χ4v) is 3.86. The molecule has 1 aliphatic heterocycles. The maximum atomic E-state index is 9.61. The van der Waals surface area contributed by atoms with Crippen molar-refractivity contribution in [3.05, 3.63) is 53.9 Å². The van der Waals surface area contributed by atoms with Crippen molar-refractivity contribution in [2.45, 2.75) is 32.4 Å². The summed E-state index contributed by atoms with van der Waals surface area (Å²) in [6.07, 6.45) is 6.24. The number of para-hydroxylation sites is 2. The number of rotatable bonds is 4. The first-order valence-corrected chi connectivity index (χ1v) is 9.45. The second-order valence-electron chi connectivity index (χ2n) is 7.17. The third-order valence-corrected chi connectivity index (χ3v) is 5.21. The molecule has 7 heteroatoms. The van der Waals surface area contributed by atoms with Gasteiger partial charge in [-0.25, -0.2) is 4.98 Å². The van der Waals surface area contributed by atoms with Crippen LogP contribution in [0.15, 0.2) is 42.7 Å². The summed E-state index contributed by atoms with van der Waals surface area (Å²) in [5, 5.41) is 17.5. The molecule has 1 aromatic carbocycles. The van der Waals surface area contributed by atoms with Crippen molar-refractivity contribution in [3.8, 4) is 6.07 Å². The molecule has 0 aliphatic carbocycles. The van der Waals surface area contributed by atoms with Gasteiger partial charge >= 0.3 is 0 Å². The van der Waals surface area contributed by atoms with Gasteiger partial charge in [0.1, 0.15) is 11.9 Å². The third kappa shape index (κ3) is 2.79. The summed E-state index contributed by atoms with van der Waals surface area (Å²) in [5.41, 5.74) is 4.86. The van der Waals surface area contributed by atoms with Gasteiger partial charge in [0.2, 0.25) is 0 Å². The van der Waals surface area contributed by atoms with E-state index in [0.29, 0.717) is 11.2 Å². The molecule has 5 rings (SSSR count). The van der Waals surface area contributed by atoms with Crippen LogP contribution < -0.4 is 5.32 Å². The predicted molar refractivity (Wildman–Crippen MR) is 107 cm³/mol. The van der Waals surface area contributed by atoms with Crippen LogP contribution in [-0.4, -0.2) is 31.9 Å². The fraction of sp³-hybridized carbons (Fsp3) is 0.286. The molecule has 4 heterocycles. The number of nitrogens with one attached hydrogen (secondary N) is 1. The summed E-state index contributed by atoms with van der Waals surface area (Å²) in [4.78, 5) is 4.69. The van der Waals surface area contributed by atoms with Gasteiger partial charge in [-0.2, -0.15) is 10.4 Å². The maximum Gasteiger partial charge on any atom is 0.157 e.